The summed E-state index contributed by atoms with van der Waals surface area (Å²) in [6, 6.07) is 0. The molecule has 1 saturated carbocycles. The number of nitrogens with zero attached hydrogens (tertiary/aromatic N) is 1. The first-order valence-electron chi connectivity index (χ1n) is 5.62. The van der Waals surface area contributed by atoms with Gasteiger partial charge in [-0.15, -0.1) is 0 Å². The lowest BCUT2D eigenvalue weighted by atomic mass is 10.1. The molecular formula is C11H14N2O3. The SMILES string of the molecule is CCOC[C@H]1[C@@H]2Cc3c(C(=O)O)n[nH]c3[C@H]12. The van der Waals surface area contributed by atoms with Gasteiger partial charge in [0.2, 0.25) is 0 Å². The second-order valence-electron chi connectivity index (χ2n) is 4.49. The van der Waals surface area contributed by atoms with Gasteiger partial charge in [-0.05, 0) is 25.2 Å². The zero-order chi connectivity index (χ0) is 11.3. The number of nitrogens with one attached hydrogen (secondary N) is 1. The Bertz CT molecular complexity index is 440. The predicted molar refractivity (Wildman–Crippen MR) is 55.5 cm³/mol. The molecule has 2 aliphatic rings. The molecule has 0 amide bonds. The molecule has 1 aromatic rings. The fraction of sp³-hybridized carbons (Fsp3) is 0.636. The van der Waals surface area contributed by atoms with Crippen molar-refractivity contribution in [2.75, 3.05) is 13.2 Å². The summed E-state index contributed by atoms with van der Waals surface area (Å²) >= 11 is 0. The zero-order valence-electron chi connectivity index (χ0n) is 9.06. The summed E-state index contributed by atoms with van der Waals surface area (Å²) < 4.78 is 5.41. The smallest absolute Gasteiger partial charge is 0.356 e. The van der Waals surface area contributed by atoms with Crippen LogP contribution in [0.5, 0.6) is 0 Å². The third-order valence-corrected chi connectivity index (χ3v) is 3.72. The van der Waals surface area contributed by atoms with Gasteiger partial charge in [0.15, 0.2) is 5.69 Å². The number of carbonyl (C=O) groups is 1. The minimum atomic E-state index is -0.930. The Labute approximate surface area is 92.8 Å². The Morgan fingerprint density at radius 1 is 1.69 bits per heavy atom. The zero-order valence-corrected chi connectivity index (χ0v) is 9.06. The number of fused-ring (bicyclic) bond motifs is 3. The van der Waals surface area contributed by atoms with E-state index in [0.29, 0.717) is 17.8 Å². The number of hydrogen-bond acceptors (Lipinski definition) is 3. The lowest BCUT2D eigenvalue weighted by Gasteiger charge is -2.03. The normalized spacial score (nSPS) is 29.9. The van der Waals surface area contributed by atoms with Crippen LogP contribution in [-0.2, 0) is 11.2 Å². The van der Waals surface area contributed by atoms with Crippen molar-refractivity contribution in [1.29, 1.82) is 0 Å². The number of aromatic amines is 1. The van der Waals surface area contributed by atoms with Crippen LogP contribution in [0.3, 0.4) is 0 Å². The van der Waals surface area contributed by atoms with Crippen molar-refractivity contribution in [3.8, 4) is 0 Å². The molecule has 5 nitrogen and oxygen atoms in total. The lowest BCUT2D eigenvalue weighted by Crippen LogP contribution is -2.05. The lowest BCUT2D eigenvalue weighted by molar-refractivity contribution is 0.0689. The van der Waals surface area contributed by atoms with Crippen LogP contribution in [0.25, 0.3) is 0 Å². The van der Waals surface area contributed by atoms with Gasteiger partial charge in [-0.2, -0.15) is 5.10 Å². The van der Waals surface area contributed by atoms with E-state index in [1.165, 1.54) is 0 Å². The molecule has 0 unspecified atom stereocenters. The monoisotopic (exact) mass is 222 g/mol. The highest BCUT2D eigenvalue weighted by Crippen LogP contribution is 2.61. The van der Waals surface area contributed by atoms with E-state index in [2.05, 4.69) is 10.2 Å². The van der Waals surface area contributed by atoms with Gasteiger partial charge in [-0.3, -0.25) is 5.10 Å². The maximum atomic E-state index is 10.9. The van der Waals surface area contributed by atoms with E-state index < -0.39 is 5.97 Å². The molecule has 0 aromatic carbocycles. The molecule has 16 heavy (non-hydrogen) atoms. The highest BCUT2D eigenvalue weighted by atomic mass is 16.5. The molecule has 1 heterocycles. The topological polar surface area (TPSA) is 75.2 Å². The molecule has 86 valence electrons. The standard InChI is InChI=1S/C11H14N2O3/c1-2-16-4-7-5-3-6-9(8(5)7)12-13-10(6)11(14)15/h5,7-8H,2-4H2,1H3,(H,12,13)(H,14,15)/t5-,7-,8-/m0/s1. The van der Waals surface area contributed by atoms with Crippen LogP contribution in [0.2, 0.25) is 0 Å². The fourth-order valence-corrected chi connectivity index (χ4v) is 2.91. The molecule has 0 spiro atoms. The van der Waals surface area contributed by atoms with Gasteiger partial charge >= 0.3 is 5.97 Å². The van der Waals surface area contributed by atoms with Crippen molar-refractivity contribution >= 4 is 5.97 Å². The van der Waals surface area contributed by atoms with Gasteiger partial charge in [0.1, 0.15) is 0 Å². The molecule has 2 aliphatic carbocycles. The maximum absolute atomic E-state index is 10.9. The van der Waals surface area contributed by atoms with Crippen LogP contribution in [0.1, 0.15) is 34.6 Å². The Hall–Kier alpha value is -1.36. The molecule has 5 heteroatoms. The highest BCUT2D eigenvalue weighted by molar-refractivity contribution is 5.87. The average Bonchev–Trinajstić information content (AvgIpc) is 2.60. The number of aromatic carboxylic acids is 1. The van der Waals surface area contributed by atoms with Crippen molar-refractivity contribution in [2.45, 2.75) is 19.3 Å². The summed E-state index contributed by atoms with van der Waals surface area (Å²) in [6.07, 6.45) is 0.843. The first-order valence-corrected chi connectivity index (χ1v) is 5.62. The Morgan fingerprint density at radius 3 is 3.19 bits per heavy atom. The van der Waals surface area contributed by atoms with Crippen LogP contribution in [0.4, 0.5) is 0 Å². The number of rotatable bonds is 4. The van der Waals surface area contributed by atoms with Crippen LogP contribution in [0.15, 0.2) is 0 Å². The van der Waals surface area contributed by atoms with Gasteiger partial charge in [0, 0.05) is 23.8 Å². The van der Waals surface area contributed by atoms with E-state index in [1.54, 1.807) is 0 Å². The summed E-state index contributed by atoms with van der Waals surface area (Å²) in [5.74, 6) is 0.672. The average molecular weight is 222 g/mol. The van der Waals surface area contributed by atoms with Crippen LogP contribution in [0, 0.1) is 11.8 Å². The van der Waals surface area contributed by atoms with Gasteiger partial charge in [0.25, 0.3) is 0 Å². The minimum absolute atomic E-state index is 0.206. The fourth-order valence-electron chi connectivity index (χ4n) is 2.91. The van der Waals surface area contributed by atoms with E-state index in [1.807, 2.05) is 6.92 Å². The van der Waals surface area contributed by atoms with E-state index in [4.69, 9.17) is 9.84 Å². The number of ether oxygens (including phenoxy) is 1. The third kappa shape index (κ3) is 1.21. The Balaban J connectivity index is 1.78. The van der Waals surface area contributed by atoms with E-state index in [-0.39, 0.29) is 5.69 Å². The van der Waals surface area contributed by atoms with E-state index >= 15 is 0 Å². The predicted octanol–water partition coefficient (Wildman–Crippen LogP) is 1.03. The van der Waals surface area contributed by atoms with Crippen LogP contribution in [-0.4, -0.2) is 34.5 Å². The summed E-state index contributed by atoms with van der Waals surface area (Å²) in [6.45, 7) is 3.52. The Kier molecular flexibility index (Phi) is 2.04. The third-order valence-electron chi connectivity index (χ3n) is 3.72. The van der Waals surface area contributed by atoms with E-state index in [9.17, 15) is 4.79 Å². The molecule has 1 aromatic heterocycles. The van der Waals surface area contributed by atoms with E-state index in [0.717, 1.165) is 30.9 Å². The largest absolute Gasteiger partial charge is 0.476 e. The van der Waals surface area contributed by atoms with Crippen LogP contribution < -0.4 is 0 Å². The Morgan fingerprint density at radius 2 is 2.50 bits per heavy atom. The summed E-state index contributed by atoms with van der Waals surface area (Å²) in [4.78, 5) is 10.9. The summed E-state index contributed by atoms with van der Waals surface area (Å²) in [7, 11) is 0. The molecular weight excluding hydrogens is 208 g/mol. The number of carboxylic acids is 1. The summed E-state index contributed by atoms with van der Waals surface area (Å²) in [5.41, 5.74) is 2.15. The molecule has 2 N–H and O–H groups in total. The van der Waals surface area contributed by atoms with Crippen molar-refractivity contribution < 1.29 is 14.6 Å². The molecule has 1 fully saturated rings. The maximum Gasteiger partial charge on any atom is 0.356 e. The molecule has 0 bridgehead atoms. The number of aromatic nitrogens is 2. The second-order valence-corrected chi connectivity index (χ2v) is 4.49. The molecule has 0 aliphatic heterocycles. The molecule has 0 radical (unpaired) electrons. The first kappa shape index (κ1) is 9.84. The number of H-pyrrole nitrogens is 1. The van der Waals surface area contributed by atoms with Crippen molar-refractivity contribution in [3.63, 3.8) is 0 Å². The first-order chi connectivity index (χ1) is 7.74. The van der Waals surface area contributed by atoms with Crippen LogP contribution >= 0.6 is 0 Å². The van der Waals surface area contributed by atoms with Gasteiger partial charge in [-0.25, -0.2) is 4.79 Å². The quantitative estimate of drug-likeness (QED) is 0.797. The van der Waals surface area contributed by atoms with Crippen molar-refractivity contribution in [1.82, 2.24) is 10.2 Å². The number of hydrogen-bond donors (Lipinski definition) is 2. The van der Waals surface area contributed by atoms with Gasteiger partial charge < -0.3 is 9.84 Å². The molecule has 0 saturated heterocycles. The number of carboxylic acid groups (broad SMARTS) is 1. The minimum Gasteiger partial charge on any atom is -0.476 e. The summed E-state index contributed by atoms with van der Waals surface area (Å²) in [5, 5.41) is 15.7. The van der Waals surface area contributed by atoms with Crippen molar-refractivity contribution in [3.05, 3.63) is 17.0 Å². The highest BCUT2D eigenvalue weighted by Gasteiger charge is 2.57. The van der Waals surface area contributed by atoms with Gasteiger partial charge in [-0.1, -0.05) is 0 Å². The van der Waals surface area contributed by atoms with Crippen molar-refractivity contribution in [2.24, 2.45) is 11.8 Å². The second kappa shape index (κ2) is 3.31. The molecule has 3 rings (SSSR count). The van der Waals surface area contributed by atoms with Gasteiger partial charge in [0.05, 0.1) is 6.61 Å². The molecule has 3 atom stereocenters.